The fourth-order valence-corrected chi connectivity index (χ4v) is 2.12. The number of hydrogen-bond acceptors (Lipinski definition) is 8. The molecule has 0 heterocycles. The molecule has 0 aliphatic carbocycles. The van der Waals surface area contributed by atoms with Gasteiger partial charge in [0.1, 0.15) is 13.2 Å². The highest BCUT2D eigenvalue weighted by atomic mass is 16.6. The largest absolute Gasteiger partial charge is 0.478 e. The molecular formula is C20H20O10. The maximum absolute atomic E-state index is 11.9. The number of aliphatic hydroxyl groups excluding tert-OH is 2. The lowest BCUT2D eigenvalue weighted by Crippen LogP contribution is -2.17. The van der Waals surface area contributed by atoms with Crippen molar-refractivity contribution in [3.05, 3.63) is 70.8 Å². The van der Waals surface area contributed by atoms with E-state index in [0.717, 1.165) is 0 Å². The first-order chi connectivity index (χ1) is 14.3. The van der Waals surface area contributed by atoms with Crippen LogP contribution in [-0.2, 0) is 9.47 Å². The van der Waals surface area contributed by atoms with E-state index in [9.17, 15) is 19.2 Å². The van der Waals surface area contributed by atoms with Crippen LogP contribution in [0.1, 0.15) is 41.4 Å². The molecule has 2 aromatic carbocycles. The number of carbonyl (C=O) groups excluding carboxylic acids is 2. The third-order valence-electron chi connectivity index (χ3n) is 3.40. The molecule has 10 nitrogen and oxygen atoms in total. The molecule has 30 heavy (non-hydrogen) atoms. The Balaban J connectivity index is 0.00000103. The summed E-state index contributed by atoms with van der Waals surface area (Å²) in [5.74, 6) is -4.28. The molecule has 160 valence electrons. The monoisotopic (exact) mass is 420 g/mol. The molecule has 0 spiro atoms. The molecule has 0 saturated heterocycles. The molecule has 0 amide bonds. The molecule has 2 aromatic rings. The third kappa shape index (κ3) is 7.34. The molecule has 2 rings (SSSR count). The molecule has 0 atom stereocenters. The lowest BCUT2D eigenvalue weighted by atomic mass is 10.1. The number of esters is 2. The maximum atomic E-state index is 11.9. The Hall–Kier alpha value is -3.76. The fourth-order valence-electron chi connectivity index (χ4n) is 2.12. The van der Waals surface area contributed by atoms with Crippen LogP contribution in [0.5, 0.6) is 0 Å². The van der Waals surface area contributed by atoms with Crippen molar-refractivity contribution in [2.24, 2.45) is 0 Å². The van der Waals surface area contributed by atoms with Crippen molar-refractivity contribution >= 4 is 23.9 Å². The molecule has 0 saturated carbocycles. The number of benzene rings is 2. The van der Waals surface area contributed by atoms with E-state index in [4.69, 9.17) is 29.9 Å². The van der Waals surface area contributed by atoms with Crippen LogP contribution in [-0.4, -0.2) is 70.7 Å². The Morgan fingerprint density at radius 3 is 1.17 bits per heavy atom. The SMILES string of the molecule is O=C(O)c1ccccc1C(=O)OCCOC(=O)c1ccccc1C(=O)O.OCCO. The first-order valence-corrected chi connectivity index (χ1v) is 8.54. The summed E-state index contributed by atoms with van der Waals surface area (Å²) in [6.07, 6.45) is 0. The summed E-state index contributed by atoms with van der Waals surface area (Å²) >= 11 is 0. The van der Waals surface area contributed by atoms with Crippen LogP contribution in [0, 0.1) is 0 Å². The van der Waals surface area contributed by atoms with Gasteiger partial charge in [0.25, 0.3) is 0 Å². The average molecular weight is 420 g/mol. The Morgan fingerprint density at radius 1 is 0.600 bits per heavy atom. The van der Waals surface area contributed by atoms with Crippen molar-refractivity contribution in [2.75, 3.05) is 26.4 Å². The number of rotatable bonds is 8. The van der Waals surface area contributed by atoms with E-state index in [1.165, 1.54) is 48.5 Å². The van der Waals surface area contributed by atoms with Crippen molar-refractivity contribution < 1.29 is 49.1 Å². The molecule has 4 N–H and O–H groups in total. The quantitative estimate of drug-likeness (QED) is 0.358. The second-order valence-electron chi connectivity index (χ2n) is 5.42. The Kier molecular flexibility index (Phi) is 10.2. The fraction of sp³-hybridized carbons (Fsp3) is 0.200. The van der Waals surface area contributed by atoms with Gasteiger partial charge in [0.15, 0.2) is 0 Å². The van der Waals surface area contributed by atoms with Crippen LogP contribution < -0.4 is 0 Å². The average Bonchev–Trinajstić information content (AvgIpc) is 2.76. The molecular weight excluding hydrogens is 400 g/mol. The van der Waals surface area contributed by atoms with E-state index < -0.39 is 23.9 Å². The minimum Gasteiger partial charge on any atom is -0.478 e. The summed E-state index contributed by atoms with van der Waals surface area (Å²) in [7, 11) is 0. The molecule has 0 radical (unpaired) electrons. The van der Waals surface area contributed by atoms with Crippen molar-refractivity contribution in [1.82, 2.24) is 0 Å². The minimum absolute atomic E-state index is 0.123. The van der Waals surface area contributed by atoms with Crippen LogP contribution in [0.3, 0.4) is 0 Å². The van der Waals surface area contributed by atoms with Crippen LogP contribution in [0.4, 0.5) is 0 Å². The predicted octanol–water partition coefficient (Wildman–Crippen LogP) is 1.07. The third-order valence-corrected chi connectivity index (χ3v) is 3.40. The van der Waals surface area contributed by atoms with Crippen LogP contribution in [0.15, 0.2) is 48.5 Å². The number of hydrogen-bond donors (Lipinski definition) is 4. The number of ether oxygens (including phenoxy) is 2. The Morgan fingerprint density at radius 2 is 0.900 bits per heavy atom. The van der Waals surface area contributed by atoms with Gasteiger partial charge in [0, 0.05) is 0 Å². The normalized spacial score (nSPS) is 9.67. The molecule has 0 bridgehead atoms. The first kappa shape index (κ1) is 24.3. The smallest absolute Gasteiger partial charge is 0.339 e. The van der Waals surface area contributed by atoms with E-state index in [2.05, 4.69) is 0 Å². The standard InChI is InChI=1S/C18H14O8.C2H6O2/c19-15(20)11-5-1-3-7-13(11)17(23)25-9-10-26-18(24)14-8-4-2-6-12(14)16(21)22;3-1-2-4/h1-8H,9-10H2,(H,19,20)(H,21,22);3-4H,1-2H2. The number of carboxylic acids is 2. The van der Waals surface area contributed by atoms with Crippen LogP contribution in [0.25, 0.3) is 0 Å². The highest BCUT2D eigenvalue weighted by Crippen LogP contribution is 2.12. The van der Waals surface area contributed by atoms with E-state index in [-0.39, 0.29) is 48.7 Å². The zero-order valence-electron chi connectivity index (χ0n) is 15.7. The van der Waals surface area contributed by atoms with Gasteiger partial charge in [0.05, 0.1) is 35.5 Å². The first-order valence-electron chi connectivity index (χ1n) is 8.54. The highest BCUT2D eigenvalue weighted by molar-refractivity contribution is 6.03. The topological polar surface area (TPSA) is 168 Å². The van der Waals surface area contributed by atoms with Gasteiger partial charge >= 0.3 is 23.9 Å². The summed E-state index contributed by atoms with van der Waals surface area (Å²) < 4.78 is 9.77. The van der Waals surface area contributed by atoms with Gasteiger partial charge in [-0.05, 0) is 24.3 Å². The maximum Gasteiger partial charge on any atom is 0.339 e. The van der Waals surface area contributed by atoms with Crippen molar-refractivity contribution in [3.8, 4) is 0 Å². The summed E-state index contributed by atoms with van der Waals surface area (Å²) in [5.41, 5.74) is -0.653. The van der Waals surface area contributed by atoms with Gasteiger partial charge in [-0.3, -0.25) is 0 Å². The van der Waals surface area contributed by atoms with Gasteiger partial charge in [-0.1, -0.05) is 24.3 Å². The highest BCUT2D eigenvalue weighted by Gasteiger charge is 2.19. The molecule has 10 heteroatoms. The summed E-state index contributed by atoms with van der Waals surface area (Å²) in [4.78, 5) is 46.0. The predicted molar refractivity (Wildman–Crippen MR) is 102 cm³/mol. The van der Waals surface area contributed by atoms with E-state index in [0.29, 0.717) is 0 Å². The van der Waals surface area contributed by atoms with E-state index >= 15 is 0 Å². The molecule has 0 aliphatic rings. The Labute approximate surface area is 170 Å². The number of aromatic carboxylic acids is 2. The zero-order chi connectivity index (χ0) is 22.5. The van der Waals surface area contributed by atoms with Crippen molar-refractivity contribution in [2.45, 2.75) is 0 Å². The zero-order valence-corrected chi connectivity index (χ0v) is 15.7. The molecule has 0 unspecified atom stereocenters. The van der Waals surface area contributed by atoms with E-state index in [1.807, 2.05) is 0 Å². The second-order valence-corrected chi connectivity index (χ2v) is 5.42. The number of carbonyl (C=O) groups is 4. The number of carboxylic acid groups (broad SMARTS) is 2. The second kappa shape index (κ2) is 12.6. The van der Waals surface area contributed by atoms with Gasteiger partial charge in [-0.25, -0.2) is 19.2 Å². The lowest BCUT2D eigenvalue weighted by molar-refractivity contribution is 0.0262. The number of aliphatic hydroxyl groups is 2. The van der Waals surface area contributed by atoms with Gasteiger partial charge in [0.2, 0.25) is 0 Å². The molecule has 0 fully saturated rings. The Bertz CT molecular complexity index is 817. The van der Waals surface area contributed by atoms with Crippen LogP contribution >= 0.6 is 0 Å². The van der Waals surface area contributed by atoms with Crippen molar-refractivity contribution in [3.63, 3.8) is 0 Å². The van der Waals surface area contributed by atoms with Crippen molar-refractivity contribution in [1.29, 1.82) is 0 Å². The van der Waals surface area contributed by atoms with E-state index in [1.54, 1.807) is 0 Å². The van der Waals surface area contributed by atoms with Crippen LogP contribution in [0.2, 0.25) is 0 Å². The molecule has 0 aromatic heterocycles. The van der Waals surface area contributed by atoms with Gasteiger partial charge < -0.3 is 29.9 Å². The molecule has 0 aliphatic heterocycles. The van der Waals surface area contributed by atoms with Gasteiger partial charge in [-0.15, -0.1) is 0 Å². The minimum atomic E-state index is -1.27. The van der Waals surface area contributed by atoms with Gasteiger partial charge in [-0.2, -0.15) is 0 Å². The summed E-state index contributed by atoms with van der Waals surface area (Å²) in [6.45, 7) is -0.873. The summed E-state index contributed by atoms with van der Waals surface area (Å²) in [6, 6.07) is 11.1. The summed E-state index contributed by atoms with van der Waals surface area (Å²) in [5, 5.41) is 33.3. The lowest BCUT2D eigenvalue weighted by Gasteiger charge is -2.09.